The van der Waals surface area contributed by atoms with Crippen molar-refractivity contribution in [2.24, 2.45) is 0 Å². The molecule has 0 aliphatic heterocycles. The topological polar surface area (TPSA) is 83.3 Å². The SMILES string of the molecule is CC(=O)N(c1ccc(C)c(C)c1)c1nc(COC(=O)c2cccc(C#N)c2)cs1. The van der Waals surface area contributed by atoms with Crippen molar-refractivity contribution >= 4 is 34.0 Å². The van der Waals surface area contributed by atoms with E-state index in [4.69, 9.17) is 10.00 Å². The van der Waals surface area contributed by atoms with Crippen molar-refractivity contribution in [2.45, 2.75) is 27.4 Å². The summed E-state index contributed by atoms with van der Waals surface area (Å²) in [4.78, 5) is 30.4. The largest absolute Gasteiger partial charge is 0.456 e. The lowest BCUT2D eigenvalue weighted by Gasteiger charge is -2.19. The van der Waals surface area contributed by atoms with Crippen molar-refractivity contribution in [1.82, 2.24) is 4.98 Å². The van der Waals surface area contributed by atoms with Gasteiger partial charge in [0.05, 0.1) is 28.6 Å². The number of ether oxygens (including phenoxy) is 1. The molecule has 3 rings (SSSR count). The maximum atomic E-state index is 12.2. The summed E-state index contributed by atoms with van der Waals surface area (Å²) in [6.45, 7) is 5.47. The van der Waals surface area contributed by atoms with Gasteiger partial charge in [0.15, 0.2) is 5.13 Å². The quantitative estimate of drug-likeness (QED) is 0.576. The van der Waals surface area contributed by atoms with E-state index in [0.717, 1.165) is 16.8 Å². The monoisotopic (exact) mass is 405 g/mol. The fourth-order valence-corrected chi connectivity index (χ4v) is 3.57. The van der Waals surface area contributed by atoms with Gasteiger partial charge in [-0.2, -0.15) is 5.26 Å². The molecule has 1 heterocycles. The third kappa shape index (κ3) is 4.68. The molecule has 0 spiro atoms. The van der Waals surface area contributed by atoms with E-state index in [2.05, 4.69) is 4.98 Å². The molecule has 0 atom stereocenters. The molecule has 0 N–H and O–H groups in total. The highest BCUT2D eigenvalue weighted by atomic mass is 32.1. The molecule has 0 fully saturated rings. The second-order valence-electron chi connectivity index (χ2n) is 6.51. The smallest absolute Gasteiger partial charge is 0.338 e. The number of amides is 1. The van der Waals surface area contributed by atoms with Gasteiger partial charge in [-0.15, -0.1) is 11.3 Å². The minimum Gasteiger partial charge on any atom is -0.456 e. The van der Waals surface area contributed by atoms with Crippen LogP contribution in [0.25, 0.3) is 0 Å². The third-order valence-corrected chi connectivity index (χ3v) is 5.25. The zero-order chi connectivity index (χ0) is 21.0. The number of hydrogen-bond acceptors (Lipinski definition) is 6. The van der Waals surface area contributed by atoms with E-state index < -0.39 is 5.97 Å². The average molecular weight is 405 g/mol. The first kappa shape index (κ1) is 20.2. The number of hydrogen-bond donors (Lipinski definition) is 0. The molecule has 3 aromatic rings. The standard InChI is InChI=1S/C22H19N3O3S/c1-14-7-8-20(9-15(14)2)25(16(3)26)22-24-19(13-29-22)12-28-21(27)18-6-4-5-17(10-18)11-23/h4-10,13H,12H2,1-3H3. The first-order chi connectivity index (χ1) is 13.9. The number of anilines is 2. The first-order valence-corrected chi connectivity index (χ1v) is 9.76. The summed E-state index contributed by atoms with van der Waals surface area (Å²) in [6, 6.07) is 14.1. The van der Waals surface area contributed by atoms with E-state index in [1.807, 2.05) is 38.1 Å². The number of thiazole rings is 1. The third-order valence-electron chi connectivity index (χ3n) is 4.37. The Morgan fingerprint density at radius 3 is 2.66 bits per heavy atom. The summed E-state index contributed by atoms with van der Waals surface area (Å²) in [6.07, 6.45) is 0. The van der Waals surface area contributed by atoms with E-state index in [1.165, 1.54) is 24.3 Å². The Morgan fingerprint density at radius 1 is 1.17 bits per heavy atom. The second-order valence-corrected chi connectivity index (χ2v) is 7.35. The van der Waals surface area contributed by atoms with Crippen LogP contribution in [0.1, 0.15) is 39.7 Å². The fourth-order valence-electron chi connectivity index (χ4n) is 2.70. The Morgan fingerprint density at radius 2 is 1.97 bits per heavy atom. The van der Waals surface area contributed by atoms with Gasteiger partial charge < -0.3 is 4.74 Å². The van der Waals surface area contributed by atoms with Crippen molar-refractivity contribution in [2.75, 3.05) is 4.90 Å². The van der Waals surface area contributed by atoms with Gasteiger partial charge >= 0.3 is 5.97 Å². The molecule has 0 bridgehead atoms. The molecule has 0 aliphatic rings. The normalized spacial score (nSPS) is 10.3. The van der Waals surface area contributed by atoms with E-state index >= 15 is 0 Å². The molecule has 0 radical (unpaired) electrons. The average Bonchev–Trinajstić information content (AvgIpc) is 3.17. The van der Waals surface area contributed by atoms with Crippen LogP contribution in [0, 0.1) is 25.2 Å². The maximum absolute atomic E-state index is 12.2. The first-order valence-electron chi connectivity index (χ1n) is 8.88. The van der Waals surface area contributed by atoms with E-state index in [0.29, 0.717) is 22.0 Å². The highest BCUT2D eigenvalue weighted by molar-refractivity contribution is 7.14. The summed E-state index contributed by atoms with van der Waals surface area (Å²) >= 11 is 1.30. The molecule has 1 aromatic heterocycles. The van der Waals surface area contributed by atoms with Crippen molar-refractivity contribution in [1.29, 1.82) is 5.26 Å². The number of carbonyl (C=O) groups is 2. The Hall–Kier alpha value is -3.50. The van der Waals surface area contributed by atoms with Crippen LogP contribution >= 0.6 is 11.3 Å². The Balaban J connectivity index is 1.74. The van der Waals surface area contributed by atoms with Crippen LogP contribution < -0.4 is 4.90 Å². The van der Waals surface area contributed by atoms with Crippen LogP contribution in [-0.4, -0.2) is 16.9 Å². The van der Waals surface area contributed by atoms with Crippen molar-refractivity contribution < 1.29 is 14.3 Å². The van der Waals surface area contributed by atoms with Crippen LogP contribution in [0.5, 0.6) is 0 Å². The highest BCUT2D eigenvalue weighted by Gasteiger charge is 2.19. The molecule has 146 valence electrons. The minimum absolute atomic E-state index is 0.0230. The Bertz CT molecular complexity index is 1110. The number of benzene rings is 2. The molecule has 0 saturated carbocycles. The van der Waals surface area contributed by atoms with Gasteiger partial charge in [0.1, 0.15) is 6.61 Å². The van der Waals surface area contributed by atoms with Crippen LogP contribution in [0.2, 0.25) is 0 Å². The van der Waals surface area contributed by atoms with E-state index in [1.54, 1.807) is 28.5 Å². The van der Waals surface area contributed by atoms with Crippen LogP contribution in [-0.2, 0) is 16.1 Å². The maximum Gasteiger partial charge on any atom is 0.338 e. The van der Waals surface area contributed by atoms with Gasteiger partial charge in [-0.25, -0.2) is 9.78 Å². The number of carbonyl (C=O) groups excluding carboxylic acids is 2. The van der Waals surface area contributed by atoms with Gasteiger partial charge in [-0.3, -0.25) is 9.69 Å². The lowest BCUT2D eigenvalue weighted by Crippen LogP contribution is -2.22. The van der Waals surface area contributed by atoms with E-state index in [-0.39, 0.29) is 12.5 Å². The fraction of sp³-hybridized carbons (Fsp3) is 0.182. The van der Waals surface area contributed by atoms with Gasteiger partial charge in [-0.05, 0) is 55.3 Å². The molecular formula is C22H19N3O3S. The van der Waals surface area contributed by atoms with Crippen LogP contribution in [0.4, 0.5) is 10.8 Å². The molecule has 6 nitrogen and oxygen atoms in total. The van der Waals surface area contributed by atoms with Gasteiger partial charge in [0.25, 0.3) is 0 Å². The number of aromatic nitrogens is 1. The van der Waals surface area contributed by atoms with Crippen LogP contribution in [0.15, 0.2) is 47.8 Å². The van der Waals surface area contributed by atoms with Crippen molar-refractivity contribution in [3.63, 3.8) is 0 Å². The summed E-state index contributed by atoms with van der Waals surface area (Å²) in [7, 11) is 0. The summed E-state index contributed by atoms with van der Waals surface area (Å²) in [5, 5.41) is 11.2. The molecular weight excluding hydrogens is 386 g/mol. The zero-order valence-electron chi connectivity index (χ0n) is 16.3. The predicted octanol–water partition coefficient (Wildman–Crippen LogP) is 4.67. The molecule has 0 unspecified atom stereocenters. The summed E-state index contributed by atoms with van der Waals surface area (Å²) in [5.74, 6) is -0.686. The molecule has 1 amide bonds. The minimum atomic E-state index is -0.533. The number of nitriles is 1. The number of nitrogens with zero attached hydrogens (tertiary/aromatic N) is 3. The zero-order valence-corrected chi connectivity index (χ0v) is 17.1. The lowest BCUT2D eigenvalue weighted by molar-refractivity contribution is -0.115. The number of esters is 1. The second kappa shape index (κ2) is 8.67. The Kier molecular flexibility index (Phi) is 6.05. The molecule has 0 aliphatic carbocycles. The molecule has 2 aromatic carbocycles. The van der Waals surface area contributed by atoms with Crippen molar-refractivity contribution in [3.05, 3.63) is 75.8 Å². The summed E-state index contributed by atoms with van der Waals surface area (Å²) in [5.41, 5.74) is 4.21. The lowest BCUT2D eigenvalue weighted by atomic mass is 10.1. The van der Waals surface area contributed by atoms with E-state index in [9.17, 15) is 9.59 Å². The van der Waals surface area contributed by atoms with Gasteiger partial charge in [0.2, 0.25) is 5.91 Å². The number of aryl methyl sites for hydroxylation is 2. The van der Waals surface area contributed by atoms with Gasteiger partial charge in [-0.1, -0.05) is 12.1 Å². The van der Waals surface area contributed by atoms with Crippen LogP contribution in [0.3, 0.4) is 0 Å². The van der Waals surface area contributed by atoms with Gasteiger partial charge in [0, 0.05) is 12.3 Å². The summed E-state index contributed by atoms with van der Waals surface area (Å²) < 4.78 is 5.30. The molecule has 29 heavy (non-hydrogen) atoms. The molecule has 7 heteroatoms. The highest BCUT2D eigenvalue weighted by Crippen LogP contribution is 2.30. The predicted molar refractivity (Wildman–Crippen MR) is 111 cm³/mol. The number of rotatable bonds is 5. The van der Waals surface area contributed by atoms with Crippen molar-refractivity contribution in [3.8, 4) is 6.07 Å². The molecule has 0 saturated heterocycles. The Labute approximate surface area is 173 Å².